The number of ether oxygens (including phenoxy) is 1. The van der Waals surface area contributed by atoms with Gasteiger partial charge in [-0.25, -0.2) is 13.1 Å². The van der Waals surface area contributed by atoms with E-state index in [9.17, 15) is 13.2 Å². The van der Waals surface area contributed by atoms with Gasteiger partial charge in [-0.15, -0.1) is 12.4 Å². The maximum Gasteiger partial charge on any atom is 0.245 e. The molecular formula is C19H30ClN3O4S. The molecule has 0 heterocycles. The molecule has 0 saturated heterocycles. The highest BCUT2D eigenvalue weighted by molar-refractivity contribution is 7.89. The molecule has 3 rings (SSSR count). The molecule has 2 aliphatic rings. The maximum atomic E-state index is 12.9. The summed E-state index contributed by atoms with van der Waals surface area (Å²) >= 11 is 0. The summed E-state index contributed by atoms with van der Waals surface area (Å²) in [7, 11) is -3.60. The van der Waals surface area contributed by atoms with Crippen molar-refractivity contribution in [3.05, 3.63) is 23.8 Å². The Kier molecular flexibility index (Phi) is 6.53. The number of anilines is 1. The van der Waals surface area contributed by atoms with E-state index in [-0.39, 0.29) is 35.4 Å². The molecule has 2 atom stereocenters. The highest BCUT2D eigenvalue weighted by Crippen LogP contribution is 2.50. The number of hydrogen-bond donors (Lipinski definition) is 3. The summed E-state index contributed by atoms with van der Waals surface area (Å²) in [6.07, 6.45) is 2.08. The molecule has 1 amide bonds. The SMILES string of the molecule is CCOC1CC(N)(C(=O)Nc2ccc(C)c(S(=O)(=O)NC3CC3)c2)C1(C)C.Cl. The van der Waals surface area contributed by atoms with Gasteiger partial charge < -0.3 is 15.8 Å². The molecule has 28 heavy (non-hydrogen) atoms. The van der Waals surface area contributed by atoms with E-state index >= 15 is 0 Å². The molecule has 4 N–H and O–H groups in total. The predicted octanol–water partition coefficient (Wildman–Crippen LogP) is 2.33. The van der Waals surface area contributed by atoms with E-state index in [4.69, 9.17) is 10.5 Å². The number of aryl methyl sites for hydroxylation is 1. The topological polar surface area (TPSA) is 111 Å². The van der Waals surface area contributed by atoms with Crippen molar-refractivity contribution < 1.29 is 17.9 Å². The molecule has 0 radical (unpaired) electrons. The average molecular weight is 432 g/mol. The third-order valence-corrected chi connectivity index (χ3v) is 7.53. The summed E-state index contributed by atoms with van der Waals surface area (Å²) in [6, 6.07) is 4.90. The van der Waals surface area contributed by atoms with Crippen LogP contribution in [0.1, 0.15) is 45.6 Å². The fourth-order valence-corrected chi connectivity index (χ4v) is 5.09. The summed E-state index contributed by atoms with van der Waals surface area (Å²) in [5, 5.41) is 2.80. The lowest BCUT2D eigenvalue weighted by Crippen LogP contribution is -2.74. The van der Waals surface area contributed by atoms with Gasteiger partial charge in [0.2, 0.25) is 15.9 Å². The van der Waals surface area contributed by atoms with Crippen molar-refractivity contribution in [2.24, 2.45) is 11.1 Å². The van der Waals surface area contributed by atoms with Crippen LogP contribution < -0.4 is 15.8 Å². The molecule has 9 heteroatoms. The fourth-order valence-electron chi connectivity index (χ4n) is 3.51. The first-order valence-corrected chi connectivity index (χ1v) is 10.8. The highest BCUT2D eigenvalue weighted by Gasteiger charge is 2.62. The van der Waals surface area contributed by atoms with Crippen molar-refractivity contribution in [2.45, 2.75) is 69.5 Å². The van der Waals surface area contributed by atoms with Gasteiger partial charge in [0.25, 0.3) is 0 Å². The molecule has 2 unspecified atom stereocenters. The Hall–Kier alpha value is -1.19. The van der Waals surface area contributed by atoms with Gasteiger partial charge in [-0.3, -0.25) is 4.79 Å². The lowest BCUT2D eigenvalue weighted by atomic mass is 9.54. The number of amides is 1. The molecule has 158 valence electrons. The highest BCUT2D eigenvalue weighted by atomic mass is 35.5. The van der Waals surface area contributed by atoms with E-state index in [1.54, 1.807) is 19.1 Å². The maximum absolute atomic E-state index is 12.9. The number of rotatable bonds is 7. The minimum absolute atomic E-state index is 0. The summed E-state index contributed by atoms with van der Waals surface area (Å²) < 4.78 is 33.5. The molecule has 2 saturated carbocycles. The van der Waals surface area contributed by atoms with Crippen molar-refractivity contribution in [1.82, 2.24) is 4.72 Å². The Morgan fingerprint density at radius 1 is 1.32 bits per heavy atom. The Labute approximate surface area is 173 Å². The van der Waals surface area contributed by atoms with E-state index in [1.165, 1.54) is 6.07 Å². The predicted molar refractivity (Wildman–Crippen MR) is 111 cm³/mol. The number of carbonyl (C=O) groups is 1. The second-order valence-corrected chi connectivity index (χ2v) is 9.85. The minimum atomic E-state index is -3.60. The van der Waals surface area contributed by atoms with Gasteiger partial charge in [-0.05, 0) is 44.4 Å². The standard InChI is InChI=1S/C19H29N3O4S.ClH/c1-5-26-16-11-19(20,18(16,3)4)17(23)21-14-7-6-12(2)15(10-14)27(24,25)22-13-8-9-13;/h6-7,10,13,16,22H,5,8-9,11,20H2,1-4H3,(H,21,23);1H. The van der Waals surface area contributed by atoms with Crippen LogP contribution in [-0.2, 0) is 19.6 Å². The summed E-state index contributed by atoms with van der Waals surface area (Å²) in [6.45, 7) is 8.05. The first-order chi connectivity index (χ1) is 12.5. The number of halogens is 1. The molecular weight excluding hydrogens is 402 g/mol. The van der Waals surface area contributed by atoms with E-state index in [1.807, 2.05) is 20.8 Å². The van der Waals surface area contributed by atoms with Crippen molar-refractivity contribution in [3.63, 3.8) is 0 Å². The molecule has 0 aliphatic heterocycles. The molecule has 0 aromatic heterocycles. The largest absolute Gasteiger partial charge is 0.378 e. The Balaban J connectivity index is 0.00000280. The van der Waals surface area contributed by atoms with Gasteiger partial charge in [-0.1, -0.05) is 19.9 Å². The number of sulfonamides is 1. The van der Waals surface area contributed by atoms with Crippen LogP contribution in [0, 0.1) is 12.3 Å². The van der Waals surface area contributed by atoms with Crippen LogP contribution in [0.5, 0.6) is 0 Å². The van der Waals surface area contributed by atoms with Gasteiger partial charge >= 0.3 is 0 Å². The quantitative estimate of drug-likeness (QED) is 0.613. The number of hydrogen-bond acceptors (Lipinski definition) is 5. The van der Waals surface area contributed by atoms with Crippen LogP contribution >= 0.6 is 12.4 Å². The Bertz CT molecular complexity index is 855. The zero-order valence-electron chi connectivity index (χ0n) is 16.7. The van der Waals surface area contributed by atoms with Gasteiger partial charge in [0.15, 0.2) is 0 Å². The third kappa shape index (κ3) is 4.07. The average Bonchev–Trinajstić information content (AvgIpc) is 3.39. The van der Waals surface area contributed by atoms with Gasteiger partial charge in [-0.2, -0.15) is 0 Å². The second kappa shape index (κ2) is 7.91. The molecule has 2 fully saturated rings. The lowest BCUT2D eigenvalue weighted by Gasteiger charge is -2.57. The zero-order valence-corrected chi connectivity index (χ0v) is 18.4. The summed E-state index contributed by atoms with van der Waals surface area (Å²) in [5.41, 5.74) is 5.87. The van der Waals surface area contributed by atoms with Crippen LogP contribution in [0.15, 0.2) is 23.1 Å². The minimum Gasteiger partial charge on any atom is -0.378 e. The normalized spacial score (nSPS) is 26.1. The van der Waals surface area contributed by atoms with Crippen LogP contribution in [0.2, 0.25) is 0 Å². The van der Waals surface area contributed by atoms with E-state index in [0.29, 0.717) is 24.3 Å². The molecule has 1 aromatic carbocycles. The van der Waals surface area contributed by atoms with Gasteiger partial charge in [0, 0.05) is 30.2 Å². The van der Waals surface area contributed by atoms with Crippen molar-refractivity contribution >= 4 is 34.0 Å². The summed E-state index contributed by atoms with van der Waals surface area (Å²) in [5.74, 6) is -0.328. The van der Waals surface area contributed by atoms with Crippen molar-refractivity contribution in [2.75, 3.05) is 11.9 Å². The van der Waals surface area contributed by atoms with E-state index < -0.39 is 21.0 Å². The number of benzene rings is 1. The number of nitrogens with one attached hydrogen (secondary N) is 2. The van der Waals surface area contributed by atoms with Crippen LogP contribution in [0.3, 0.4) is 0 Å². The molecule has 2 aliphatic carbocycles. The monoisotopic (exact) mass is 431 g/mol. The van der Waals surface area contributed by atoms with Gasteiger partial charge in [0.1, 0.15) is 5.54 Å². The third-order valence-electron chi connectivity index (χ3n) is 5.87. The van der Waals surface area contributed by atoms with Crippen LogP contribution in [-0.4, -0.2) is 38.6 Å². The van der Waals surface area contributed by atoms with Gasteiger partial charge in [0.05, 0.1) is 11.0 Å². The Morgan fingerprint density at radius 2 is 1.96 bits per heavy atom. The zero-order chi connectivity index (χ0) is 20.0. The summed E-state index contributed by atoms with van der Waals surface area (Å²) in [4.78, 5) is 13.0. The molecule has 1 aromatic rings. The second-order valence-electron chi connectivity index (χ2n) is 8.17. The molecule has 0 bridgehead atoms. The van der Waals surface area contributed by atoms with Crippen molar-refractivity contribution in [1.29, 1.82) is 0 Å². The fraction of sp³-hybridized carbons (Fsp3) is 0.632. The van der Waals surface area contributed by atoms with Crippen molar-refractivity contribution in [3.8, 4) is 0 Å². The van der Waals surface area contributed by atoms with E-state index in [2.05, 4.69) is 10.0 Å². The van der Waals surface area contributed by atoms with E-state index in [0.717, 1.165) is 12.8 Å². The smallest absolute Gasteiger partial charge is 0.245 e. The first kappa shape index (κ1) is 23.1. The first-order valence-electron chi connectivity index (χ1n) is 9.36. The molecule has 0 spiro atoms. The number of nitrogens with two attached hydrogens (primary N) is 1. The Morgan fingerprint density at radius 3 is 2.50 bits per heavy atom. The van der Waals surface area contributed by atoms with Crippen LogP contribution in [0.25, 0.3) is 0 Å². The number of carbonyl (C=O) groups excluding carboxylic acids is 1. The molecule has 7 nitrogen and oxygen atoms in total. The lowest BCUT2D eigenvalue weighted by molar-refractivity contribution is -0.166. The van der Waals surface area contributed by atoms with Crippen LogP contribution in [0.4, 0.5) is 5.69 Å².